The van der Waals surface area contributed by atoms with Crippen molar-refractivity contribution in [3.8, 4) is 5.75 Å². The van der Waals surface area contributed by atoms with Gasteiger partial charge in [0.1, 0.15) is 29.6 Å². The van der Waals surface area contributed by atoms with Crippen LogP contribution in [0.15, 0.2) is 91.0 Å². The van der Waals surface area contributed by atoms with Crippen molar-refractivity contribution in [2.45, 2.75) is 26.5 Å². The minimum atomic E-state index is -1.21. The van der Waals surface area contributed by atoms with Gasteiger partial charge in [-0.1, -0.05) is 54.3 Å². The second-order valence-corrected chi connectivity index (χ2v) is 11.0. The topological polar surface area (TPSA) is 149 Å². The Labute approximate surface area is 261 Å². The number of ketones is 1. The number of hydrogen-bond acceptors (Lipinski definition) is 10. The van der Waals surface area contributed by atoms with Gasteiger partial charge in [-0.3, -0.25) is 24.6 Å². The minimum Gasteiger partial charge on any atom is -0.507 e. The van der Waals surface area contributed by atoms with Gasteiger partial charge < -0.3 is 14.6 Å². The first kappa shape index (κ1) is 30.8. The molecule has 0 spiro atoms. The van der Waals surface area contributed by atoms with Crippen LogP contribution in [0.3, 0.4) is 0 Å². The molecule has 1 unspecified atom stereocenters. The summed E-state index contributed by atoms with van der Waals surface area (Å²) in [6.07, 6.45) is 1.41. The van der Waals surface area contributed by atoms with E-state index in [-0.39, 0.29) is 39.1 Å². The van der Waals surface area contributed by atoms with Crippen LogP contribution in [-0.2, 0) is 20.9 Å². The van der Waals surface area contributed by atoms with Gasteiger partial charge >= 0.3 is 11.9 Å². The highest BCUT2D eigenvalue weighted by Crippen LogP contribution is 2.44. The summed E-state index contributed by atoms with van der Waals surface area (Å²) in [6.45, 7) is 7.16. The van der Waals surface area contributed by atoms with Crippen LogP contribution in [0.25, 0.3) is 5.76 Å². The lowest BCUT2D eigenvalue weighted by molar-refractivity contribution is -0.384. The number of Topliss-reactive ketones (excluding diaryl/α,β-unsaturated/α-hetero) is 1. The monoisotopic (exact) mass is 625 g/mol. The van der Waals surface area contributed by atoms with Gasteiger partial charge in [-0.15, -0.1) is 0 Å². The maximum atomic E-state index is 13.6. The molecule has 12 heteroatoms. The van der Waals surface area contributed by atoms with Gasteiger partial charge in [0.15, 0.2) is 5.13 Å². The van der Waals surface area contributed by atoms with Crippen LogP contribution in [0, 0.1) is 24.0 Å². The van der Waals surface area contributed by atoms with E-state index >= 15 is 0 Å². The molecule has 0 aliphatic carbocycles. The molecule has 0 bridgehead atoms. The lowest BCUT2D eigenvalue weighted by Crippen LogP contribution is -2.29. The number of aliphatic hydroxyl groups is 1. The minimum absolute atomic E-state index is 0.0170. The van der Waals surface area contributed by atoms with Crippen LogP contribution in [-0.4, -0.2) is 39.3 Å². The number of benzene rings is 3. The number of aliphatic hydroxyl groups excluding tert-OH is 1. The maximum Gasteiger partial charge on any atom is 0.350 e. The number of aryl methyl sites for hydroxylation is 2. The fraction of sp³-hybridized carbons (Fsp3) is 0.152. The molecule has 45 heavy (non-hydrogen) atoms. The third kappa shape index (κ3) is 6.22. The van der Waals surface area contributed by atoms with Gasteiger partial charge in [0.2, 0.25) is 0 Å². The number of carbonyl (C=O) groups excluding carboxylic acids is 3. The van der Waals surface area contributed by atoms with E-state index in [1.807, 2.05) is 30.3 Å². The summed E-state index contributed by atoms with van der Waals surface area (Å²) < 4.78 is 11.1. The molecular weight excluding hydrogens is 598 g/mol. The molecule has 3 aromatic carbocycles. The van der Waals surface area contributed by atoms with Crippen molar-refractivity contribution < 1.29 is 33.9 Å². The Kier molecular flexibility index (Phi) is 8.86. The van der Waals surface area contributed by atoms with Crippen molar-refractivity contribution in [2.24, 2.45) is 0 Å². The number of nitro benzene ring substituents is 1. The van der Waals surface area contributed by atoms with E-state index < -0.39 is 34.4 Å². The average Bonchev–Trinajstić information content (AvgIpc) is 3.55. The Morgan fingerprint density at radius 2 is 1.82 bits per heavy atom. The molecule has 1 saturated heterocycles. The third-order valence-electron chi connectivity index (χ3n) is 7.06. The maximum absolute atomic E-state index is 13.6. The largest absolute Gasteiger partial charge is 0.507 e. The van der Waals surface area contributed by atoms with Gasteiger partial charge in [0.25, 0.3) is 11.5 Å². The highest BCUT2D eigenvalue weighted by Gasteiger charge is 2.48. The van der Waals surface area contributed by atoms with Crippen molar-refractivity contribution in [3.05, 3.63) is 134 Å². The van der Waals surface area contributed by atoms with Crippen molar-refractivity contribution in [1.29, 1.82) is 0 Å². The molecule has 4 aromatic rings. The molecule has 5 rings (SSSR count). The van der Waals surface area contributed by atoms with E-state index in [2.05, 4.69) is 11.6 Å². The number of carbonyl (C=O) groups is 3. The van der Waals surface area contributed by atoms with Crippen LogP contribution < -0.4 is 9.64 Å². The zero-order valence-corrected chi connectivity index (χ0v) is 25.1. The van der Waals surface area contributed by atoms with Gasteiger partial charge in [-0.25, -0.2) is 9.78 Å². The van der Waals surface area contributed by atoms with Crippen LogP contribution in [0.5, 0.6) is 5.75 Å². The second kappa shape index (κ2) is 12.9. The average molecular weight is 626 g/mol. The fourth-order valence-electron chi connectivity index (χ4n) is 4.85. The molecule has 1 aliphatic heterocycles. The Morgan fingerprint density at radius 1 is 1.11 bits per heavy atom. The number of hydrogen-bond donors (Lipinski definition) is 1. The van der Waals surface area contributed by atoms with Crippen LogP contribution in [0.2, 0.25) is 0 Å². The number of esters is 1. The summed E-state index contributed by atoms with van der Waals surface area (Å²) in [6, 6.07) is 18.5. The number of non-ortho nitro benzene ring substituents is 1. The lowest BCUT2D eigenvalue weighted by atomic mass is 9.94. The summed E-state index contributed by atoms with van der Waals surface area (Å²) in [5, 5.41) is 22.9. The van der Waals surface area contributed by atoms with E-state index in [1.54, 1.807) is 32.0 Å². The molecule has 11 nitrogen and oxygen atoms in total. The third-order valence-corrected chi connectivity index (χ3v) is 8.20. The predicted octanol–water partition coefficient (Wildman–Crippen LogP) is 6.22. The van der Waals surface area contributed by atoms with Crippen LogP contribution >= 0.6 is 11.3 Å². The molecule has 1 amide bonds. The van der Waals surface area contributed by atoms with Gasteiger partial charge in [-0.05, 0) is 60.9 Å². The first-order valence-corrected chi connectivity index (χ1v) is 14.5. The van der Waals surface area contributed by atoms with E-state index in [9.17, 15) is 29.6 Å². The summed E-state index contributed by atoms with van der Waals surface area (Å²) in [5.74, 6) is -2.53. The number of aromatic nitrogens is 1. The van der Waals surface area contributed by atoms with E-state index in [4.69, 9.17) is 9.47 Å². The number of amides is 1. The van der Waals surface area contributed by atoms with E-state index in [1.165, 1.54) is 30.3 Å². The van der Waals surface area contributed by atoms with E-state index in [0.717, 1.165) is 21.8 Å². The van der Waals surface area contributed by atoms with Crippen molar-refractivity contribution in [2.75, 3.05) is 11.5 Å². The summed E-state index contributed by atoms with van der Waals surface area (Å²) in [7, 11) is 0. The summed E-state index contributed by atoms with van der Waals surface area (Å²) >= 11 is 0.849. The standard InChI is InChI=1S/C33H27N3O8S/c1-4-16-43-32(40)30-20(3)34-33(45-30)35-27(22-10-13-24(14-11-22)36(41)42)26(29(38)31(35)39)28(37)23-12-15-25(19(2)17-23)44-18-21-8-6-5-7-9-21/h4-15,17,27,37H,1,16,18H2,2-3H3. The molecule has 1 aromatic heterocycles. The molecule has 1 N–H and O–H groups in total. The molecular formula is C33H27N3O8S. The molecule has 0 radical (unpaired) electrons. The van der Waals surface area contributed by atoms with Crippen LogP contribution in [0.1, 0.15) is 43.7 Å². The smallest absolute Gasteiger partial charge is 0.350 e. The van der Waals surface area contributed by atoms with Crippen LogP contribution in [0.4, 0.5) is 10.8 Å². The quantitative estimate of drug-likeness (QED) is 0.0412. The first-order valence-electron chi connectivity index (χ1n) is 13.7. The first-order chi connectivity index (χ1) is 21.6. The molecule has 1 aliphatic rings. The molecule has 1 atom stereocenters. The van der Waals surface area contributed by atoms with Crippen molar-refractivity contribution >= 4 is 45.6 Å². The second-order valence-electron chi connectivity index (χ2n) is 10.1. The number of rotatable bonds is 10. The Balaban J connectivity index is 1.57. The van der Waals surface area contributed by atoms with Crippen molar-refractivity contribution in [3.63, 3.8) is 0 Å². The normalized spacial score (nSPS) is 15.6. The fourth-order valence-corrected chi connectivity index (χ4v) is 5.84. The number of nitrogens with zero attached hydrogens (tertiary/aromatic N) is 3. The number of thiazole rings is 1. The number of ether oxygens (including phenoxy) is 2. The zero-order valence-electron chi connectivity index (χ0n) is 24.3. The van der Waals surface area contributed by atoms with Crippen molar-refractivity contribution in [1.82, 2.24) is 4.98 Å². The molecule has 0 saturated carbocycles. The summed E-state index contributed by atoms with van der Waals surface area (Å²) in [5.41, 5.74) is 2.05. The van der Waals surface area contributed by atoms with E-state index in [0.29, 0.717) is 23.5 Å². The SMILES string of the molecule is C=CCOC(=O)c1sc(N2C(=O)C(=O)C(=C(O)c3ccc(OCc4ccccc4)c(C)c3)C2c2ccc([N+](=O)[O-])cc2)nc1C. The molecule has 1 fully saturated rings. The Bertz CT molecular complexity index is 1850. The van der Waals surface area contributed by atoms with Gasteiger partial charge in [0.05, 0.1) is 22.2 Å². The number of nitro groups is 1. The zero-order chi connectivity index (χ0) is 32.2. The highest BCUT2D eigenvalue weighted by atomic mass is 32.1. The lowest BCUT2D eigenvalue weighted by Gasteiger charge is -2.23. The Hall–Kier alpha value is -5.62. The Morgan fingerprint density at radius 3 is 2.47 bits per heavy atom. The predicted molar refractivity (Wildman–Crippen MR) is 167 cm³/mol. The summed E-state index contributed by atoms with van der Waals surface area (Å²) in [4.78, 5) is 56.1. The van der Waals surface area contributed by atoms with Gasteiger partial charge in [-0.2, -0.15) is 0 Å². The highest BCUT2D eigenvalue weighted by molar-refractivity contribution is 7.17. The molecule has 228 valence electrons. The van der Waals surface area contributed by atoms with Gasteiger partial charge in [0, 0.05) is 17.7 Å². The molecule has 2 heterocycles. The number of anilines is 1.